The summed E-state index contributed by atoms with van der Waals surface area (Å²) in [6, 6.07) is 15.1. The molecule has 138 valence electrons. The normalized spacial score (nSPS) is 13.7. The Hall–Kier alpha value is -2.34. The van der Waals surface area contributed by atoms with E-state index in [1.54, 1.807) is 0 Å². The molecule has 0 spiro atoms. The van der Waals surface area contributed by atoms with Crippen LogP contribution < -0.4 is 9.62 Å². The molecule has 1 amide bonds. The summed E-state index contributed by atoms with van der Waals surface area (Å²) in [4.78, 5) is 12.3. The van der Waals surface area contributed by atoms with E-state index in [2.05, 4.69) is 19.2 Å². The molecule has 1 aliphatic rings. The molecule has 0 radical (unpaired) electrons. The first kappa shape index (κ1) is 18.5. The van der Waals surface area contributed by atoms with E-state index in [9.17, 15) is 13.2 Å². The Morgan fingerprint density at radius 3 is 2.58 bits per heavy atom. The molecule has 5 nitrogen and oxygen atoms in total. The maximum absolute atomic E-state index is 12.7. The quantitative estimate of drug-likeness (QED) is 0.843. The van der Waals surface area contributed by atoms with Gasteiger partial charge in [-0.25, -0.2) is 8.42 Å². The Morgan fingerprint density at radius 1 is 1.12 bits per heavy atom. The minimum Gasteiger partial charge on any atom is -0.326 e. The van der Waals surface area contributed by atoms with Crippen LogP contribution in [0.5, 0.6) is 0 Å². The maximum atomic E-state index is 12.7. The molecule has 26 heavy (non-hydrogen) atoms. The van der Waals surface area contributed by atoms with Crippen molar-refractivity contribution < 1.29 is 13.2 Å². The number of fused-ring (bicyclic) bond motifs is 1. The molecule has 0 saturated carbocycles. The third-order valence-corrected chi connectivity index (χ3v) is 6.40. The number of rotatable bonds is 6. The van der Waals surface area contributed by atoms with E-state index >= 15 is 0 Å². The summed E-state index contributed by atoms with van der Waals surface area (Å²) < 4.78 is 26.8. The largest absolute Gasteiger partial charge is 0.326 e. The predicted octanol–water partition coefficient (Wildman–Crippen LogP) is 3.53. The van der Waals surface area contributed by atoms with Crippen LogP contribution >= 0.6 is 0 Å². The van der Waals surface area contributed by atoms with Crippen LogP contribution in [0.3, 0.4) is 0 Å². The summed E-state index contributed by atoms with van der Waals surface area (Å²) in [5, 5.41) is 2.85. The van der Waals surface area contributed by atoms with Crippen LogP contribution in [0.1, 0.15) is 37.3 Å². The van der Waals surface area contributed by atoms with Gasteiger partial charge in [-0.2, -0.15) is 0 Å². The van der Waals surface area contributed by atoms with Crippen LogP contribution in [0, 0.1) is 0 Å². The van der Waals surface area contributed by atoms with E-state index in [4.69, 9.17) is 0 Å². The smallest absolute Gasteiger partial charge is 0.235 e. The molecular formula is C20H24N2O3S. The van der Waals surface area contributed by atoms with Gasteiger partial charge >= 0.3 is 0 Å². The molecular weight excluding hydrogens is 348 g/mol. The molecule has 0 aromatic heterocycles. The summed E-state index contributed by atoms with van der Waals surface area (Å²) in [5.74, 6) is -0.206. The van der Waals surface area contributed by atoms with Crippen molar-refractivity contribution in [3.63, 3.8) is 0 Å². The second-order valence-corrected chi connectivity index (χ2v) is 8.82. The lowest BCUT2D eigenvalue weighted by molar-refractivity contribution is -0.115. The van der Waals surface area contributed by atoms with Crippen molar-refractivity contribution in [2.45, 2.75) is 32.6 Å². The van der Waals surface area contributed by atoms with Crippen molar-refractivity contribution in [1.82, 2.24) is 0 Å². The highest BCUT2D eigenvalue weighted by Crippen LogP contribution is 2.30. The first-order chi connectivity index (χ1) is 12.4. The van der Waals surface area contributed by atoms with E-state index in [0.29, 0.717) is 13.0 Å². The number of benzene rings is 2. The maximum Gasteiger partial charge on any atom is 0.235 e. The number of carbonyl (C=O) groups excluding carboxylic acids is 1. The Bertz CT molecular complexity index is 907. The molecule has 6 heteroatoms. The molecule has 0 saturated heterocycles. The van der Waals surface area contributed by atoms with Crippen LogP contribution in [0.4, 0.5) is 11.4 Å². The highest BCUT2D eigenvalue weighted by Gasteiger charge is 2.29. The number of para-hydroxylation sites is 2. The molecule has 2 aromatic rings. The molecule has 2 aromatic carbocycles. The van der Waals surface area contributed by atoms with E-state index in [0.717, 1.165) is 22.5 Å². The second-order valence-electron chi connectivity index (χ2n) is 6.81. The highest BCUT2D eigenvalue weighted by molar-refractivity contribution is 7.92. The number of hydrogen-bond donors (Lipinski definition) is 1. The summed E-state index contributed by atoms with van der Waals surface area (Å²) >= 11 is 0. The zero-order valence-electron chi connectivity index (χ0n) is 15.1. The average Bonchev–Trinajstić information content (AvgIpc) is 3.05. The fourth-order valence-electron chi connectivity index (χ4n) is 3.26. The molecule has 1 aliphatic heterocycles. The first-order valence-corrected chi connectivity index (χ1v) is 10.5. The number of amides is 1. The fourth-order valence-corrected chi connectivity index (χ4v) is 4.77. The summed E-state index contributed by atoms with van der Waals surface area (Å²) in [6.45, 7) is 4.56. The van der Waals surface area contributed by atoms with Gasteiger partial charge in [0.15, 0.2) is 0 Å². The number of anilines is 2. The van der Waals surface area contributed by atoms with E-state index in [1.165, 1.54) is 4.31 Å². The van der Waals surface area contributed by atoms with Gasteiger partial charge in [-0.1, -0.05) is 50.2 Å². The third kappa shape index (κ3) is 3.90. The van der Waals surface area contributed by atoms with Gasteiger partial charge in [0.2, 0.25) is 15.9 Å². The zero-order valence-corrected chi connectivity index (χ0v) is 15.9. The number of sulfonamides is 1. The van der Waals surface area contributed by atoms with Crippen molar-refractivity contribution in [1.29, 1.82) is 0 Å². The van der Waals surface area contributed by atoms with Crippen molar-refractivity contribution in [3.8, 4) is 0 Å². The van der Waals surface area contributed by atoms with E-state index < -0.39 is 10.0 Å². The van der Waals surface area contributed by atoms with Gasteiger partial charge in [0, 0.05) is 18.7 Å². The summed E-state index contributed by atoms with van der Waals surface area (Å²) in [7, 11) is -3.51. The first-order valence-electron chi connectivity index (χ1n) is 8.85. The van der Waals surface area contributed by atoms with Gasteiger partial charge < -0.3 is 5.32 Å². The van der Waals surface area contributed by atoms with Crippen molar-refractivity contribution in [2.75, 3.05) is 21.9 Å². The van der Waals surface area contributed by atoms with Gasteiger partial charge in [-0.15, -0.1) is 0 Å². The zero-order chi connectivity index (χ0) is 18.7. The molecule has 3 rings (SSSR count). The van der Waals surface area contributed by atoms with Gasteiger partial charge in [-0.05, 0) is 35.6 Å². The molecule has 0 fully saturated rings. The number of nitrogens with one attached hydrogen (secondary N) is 1. The molecule has 1 N–H and O–H groups in total. The molecule has 0 aliphatic carbocycles. The van der Waals surface area contributed by atoms with Crippen LogP contribution in [-0.2, 0) is 21.2 Å². The second kappa shape index (κ2) is 7.50. The van der Waals surface area contributed by atoms with Crippen molar-refractivity contribution in [2.24, 2.45) is 0 Å². The predicted molar refractivity (Wildman–Crippen MR) is 105 cm³/mol. The van der Waals surface area contributed by atoms with Crippen LogP contribution in [0.2, 0.25) is 0 Å². The number of nitrogens with zero attached hydrogens (tertiary/aromatic N) is 1. The summed E-state index contributed by atoms with van der Waals surface area (Å²) in [5.41, 5.74) is 3.55. The standard InChI is InChI=1S/C20H24N2O3S/c1-15(2)17-8-4-5-9-18(17)21-20(23)12-14-26(24,25)22-13-11-16-7-3-6-10-19(16)22/h3-10,15H,11-14H2,1-2H3,(H,21,23). The Kier molecular flexibility index (Phi) is 5.32. The van der Waals surface area contributed by atoms with Gasteiger partial charge in [0.05, 0.1) is 11.4 Å². The van der Waals surface area contributed by atoms with Gasteiger partial charge in [0.1, 0.15) is 0 Å². The minimum absolute atomic E-state index is 0.0621. The molecule has 0 bridgehead atoms. The average molecular weight is 372 g/mol. The Labute approximate surface area is 155 Å². The molecule has 0 atom stereocenters. The van der Waals surface area contributed by atoms with Crippen LogP contribution in [0.25, 0.3) is 0 Å². The Morgan fingerprint density at radius 2 is 1.81 bits per heavy atom. The van der Waals surface area contributed by atoms with E-state index in [1.807, 2.05) is 48.5 Å². The van der Waals surface area contributed by atoms with E-state index in [-0.39, 0.29) is 24.0 Å². The minimum atomic E-state index is -3.51. The number of carbonyl (C=O) groups is 1. The lowest BCUT2D eigenvalue weighted by Gasteiger charge is -2.19. The fraction of sp³-hybridized carbons (Fsp3) is 0.350. The monoisotopic (exact) mass is 372 g/mol. The Balaban J connectivity index is 1.65. The van der Waals surface area contributed by atoms with Crippen molar-refractivity contribution >= 4 is 27.3 Å². The third-order valence-electron chi connectivity index (χ3n) is 4.62. The van der Waals surface area contributed by atoms with Gasteiger partial charge in [0.25, 0.3) is 0 Å². The summed E-state index contributed by atoms with van der Waals surface area (Å²) in [6.07, 6.45) is 0.650. The molecule has 1 heterocycles. The lowest BCUT2D eigenvalue weighted by atomic mass is 10.0. The lowest BCUT2D eigenvalue weighted by Crippen LogP contribution is -2.32. The van der Waals surface area contributed by atoms with Gasteiger partial charge in [-0.3, -0.25) is 9.10 Å². The topological polar surface area (TPSA) is 66.5 Å². The molecule has 0 unspecified atom stereocenters. The van der Waals surface area contributed by atoms with Crippen LogP contribution in [-0.4, -0.2) is 26.6 Å². The SMILES string of the molecule is CC(C)c1ccccc1NC(=O)CCS(=O)(=O)N1CCc2ccccc21. The van der Waals surface area contributed by atoms with Crippen molar-refractivity contribution in [3.05, 3.63) is 59.7 Å². The number of hydrogen-bond acceptors (Lipinski definition) is 3. The van der Waals surface area contributed by atoms with Crippen LogP contribution in [0.15, 0.2) is 48.5 Å². The highest BCUT2D eigenvalue weighted by atomic mass is 32.2.